The van der Waals surface area contributed by atoms with Gasteiger partial charge in [0.25, 0.3) is 0 Å². The Morgan fingerprint density at radius 1 is 1.36 bits per heavy atom. The first kappa shape index (κ1) is 11.0. The molecule has 0 aliphatic carbocycles. The molecular weight excluding hydrogens is 205 g/mol. The molecule has 0 fully saturated rings. The third-order valence-electron chi connectivity index (χ3n) is 1.92. The van der Waals surface area contributed by atoms with Crippen LogP contribution >= 0.6 is 0 Å². The summed E-state index contributed by atoms with van der Waals surface area (Å²) in [6, 6.07) is 3.43. The molecule has 0 spiro atoms. The summed E-state index contributed by atoms with van der Waals surface area (Å²) < 4.78 is 36.0. The van der Waals surface area contributed by atoms with E-state index in [4.69, 9.17) is 5.73 Å². The average molecular weight is 217 g/mol. The topological polar surface area (TPSA) is 60.2 Å². The Hall–Kier alpha value is -1.10. The Morgan fingerprint density at radius 2 is 1.93 bits per heavy atom. The molecular formula is C9H12FNO2S. The molecule has 0 heterocycles. The van der Waals surface area contributed by atoms with Gasteiger partial charge in [0.2, 0.25) is 0 Å². The molecule has 0 amide bonds. The van der Waals surface area contributed by atoms with Crippen LogP contribution in [0.1, 0.15) is 13.8 Å². The number of rotatable bonds is 2. The highest BCUT2D eigenvalue weighted by molar-refractivity contribution is 7.92. The second-order valence-corrected chi connectivity index (χ2v) is 5.78. The van der Waals surface area contributed by atoms with Gasteiger partial charge < -0.3 is 5.73 Å². The lowest BCUT2D eigenvalue weighted by atomic mass is 10.3. The van der Waals surface area contributed by atoms with E-state index < -0.39 is 20.9 Å². The minimum atomic E-state index is -3.36. The lowest BCUT2D eigenvalue weighted by molar-refractivity contribution is 0.586. The minimum Gasteiger partial charge on any atom is -0.396 e. The van der Waals surface area contributed by atoms with Crippen molar-refractivity contribution in [1.29, 1.82) is 0 Å². The molecule has 1 aromatic carbocycles. The monoisotopic (exact) mass is 217 g/mol. The van der Waals surface area contributed by atoms with Crippen LogP contribution < -0.4 is 5.73 Å². The SMILES string of the molecule is CC(C)S(=O)(=O)c1ccc(F)c(N)c1. The van der Waals surface area contributed by atoms with Gasteiger partial charge in [-0.15, -0.1) is 0 Å². The number of anilines is 1. The van der Waals surface area contributed by atoms with E-state index in [2.05, 4.69) is 0 Å². The van der Waals surface area contributed by atoms with Crippen molar-refractivity contribution in [1.82, 2.24) is 0 Å². The molecule has 0 aliphatic heterocycles. The molecule has 1 aromatic rings. The fourth-order valence-electron chi connectivity index (χ4n) is 0.971. The van der Waals surface area contributed by atoms with Crippen LogP contribution in [0.15, 0.2) is 23.1 Å². The Kier molecular flexibility index (Phi) is 2.80. The molecule has 1 rings (SSSR count). The second kappa shape index (κ2) is 3.57. The maximum atomic E-state index is 12.8. The number of nitrogen functional groups attached to an aromatic ring is 1. The normalized spacial score (nSPS) is 12.0. The Balaban J connectivity index is 3.29. The predicted molar refractivity (Wildman–Crippen MR) is 53.1 cm³/mol. The van der Waals surface area contributed by atoms with Gasteiger partial charge in [0.15, 0.2) is 9.84 Å². The molecule has 3 nitrogen and oxygen atoms in total. The summed E-state index contributed by atoms with van der Waals surface area (Å²) in [5.41, 5.74) is 5.13. The molecule has 0 aliphatic rings. The third-order valence-corrected chi connectivity index (χ3v) is 4.07. The van der Waals surface area contributed by atoms with E-state index in [1.807, 2.05) is 0 Å². The lowest BCUT2D eigenvalue weighted by Gasteiger charge is -2.08. The van der Waals surface area contributed by atoms with Gasteiger partial charge in [0.05, 0.1) is 15.8 Å². The van der Waals surface area contributed by atoms with Crippen LogP contribution in [0.2, 0.25) is 0 Å². The molecule has 14 heavy (non-hydrogen) atoms. The van der Waals surface area contributed by atoms with Crippen molar-refractivity contribution in [3.05, 3.63) is 24.0 Å². The van der Waals surface area contributed by atoms with Crippen LogP contribution in [0.4, 0.5) is 10.1 Å². The second-order valence-electron chi connectivity index (χ2n) is 3.28. The van der Waals surface area contributed by atoms with Crippen molar-refractivity contribution in [3.8, 4) is 0 Å². The molecule has 0 radical (unpaired) electrons. The van der Waals surface area contributed by atoms with Gasteiger partial charge in [-0.05, 0) is 32.0 Å². The number of hydrogen-bond donors (Lipinski definition) is 1. The van der Waals surface area contributed by atoms with Gasteiger partial charge in [-0.1, -0.05) is 0 Å². The van der Waals surface area contributed by atoms with Crippen LogP contribution in [0.25, 0.3) is 0 Å². The van der Waals surface area contributed by atoms with E-state index in [0.717, 1.165) is 12.1 Å². The molecule has 0 saturated heterocycles. The quantitative estimate of drug-likeness (QED) is 0.604. The smallest absolute Gasteiger partial charge is 0.180 e. The highest BCUT2D eigenvalue weighted by Crippen LogP contribution is 2.20. The number of sulfone groups is 1. The molecule has 5 heteroatoms. The summed E-state index contributed by atoms with van der Waals surface area (Å²) in [6.07, 6.45) is 0. The van der Waals surface area contributed by atoms with Crippen LogP contribution in [0.3, 0.4) is 0 Å². The summed E-state index contributed by atoms with van der Waals surface area (Å²) >= 11 is 0. The Morgan fingerprint density at radius 3 is 2.36 bits per heavy atom. The van der Waals surface area contributed by atoms with Crippen molar-refractivity contribution < 1.29 is 12.8 Å². The van der Waals surface area contributed by atoms with Gasteiger partial charge in [0.1, 0.15) is 5.82 Å². The molecule has 0 aromatic heterocycles. The van der Waals surface area contributed by atoms with E-state index >= 15 is 0 Å². The number of nitrogens with two attached hydrogens (primary N) is 1. The molecule has 2 N–H and O–H groups in total. The molecule has 0 bridgehead atoms. The first-order valence-corrected chi connectivity index (χ1v) is 5.69. The Bertz CT molecular complexity index is 440. The van der Waals surface area contributed by atoms with E-state index in [-0.39, 0.29) is 10.6 Å². The summed E-state index contributed by atoms with van der Waals surface area (Å²) in [5, 5.41) is -0.535. The summed E-state index contributed by atoms with van der Waals surface area (Å²) in [5.74, 6) is -0.604. The van der Waals surface area contributed by atoms with E-state index in [0.29, 0.717) is 0 Å². The van der Waals surface area contributed by atoms with Crippen LogP contribution in [-0.4, -0.2) is 13.7 Å². The van der Waals surface area contributed by atoms with Crippen molar-refractivity contribution in [2.24, 2.45) is 0 Å². The van der Waals surface area contributed by atoms with E-state index in [9.17, 15) is 12.8 Å². The summed E-state index contributed by atoms with van der Waals surface area (Å²) in [6.45, 7) is 3.13. The number of halogens is 1. The molecule has 0 unspecified atom stereocenters. The highest BCUT2D eigenvalue weighted by Gasteiger charge is 2.19. The standard InChI is InChI=1S/C9H12FNO2S/c1-6(2)14(12,13)7-3-4-8(10)9(11)5-7/h3-6H,11H2,1-2H3. The predicted octanol–water partition coefficient (Wildman–Crippen LogP) is 1.59. The average Bonchev–Trinajstić information content (AvgIpc) is 2.09. The summed E-state index contributed by atoms with van der Waals surface area (Å²) in [4.78, 5) is 0.0615. The first-order valence-electron chi connectivity index (χ1n) is 4.14. The van der Waals surface area contributed by atoms with Crippen molar-refractivity contribution in [2.45, 2.75) is 24.0 Å². The zero-order chi connectivity index (χ0) is 10.9. The maximum absolute atomic E-state index is 12.8. The number of hydrogen-bond acceptors (Lipinski definition) is 3. The van der Waals surface area contributed by atoms with Gasteiger partial charge in [-0.2, -0.15) is 0 Å². The van der Waals surface area contributed by atoms with Gasteiger partial charge in [-0.3, -0.25) is 0 Å². The van der Waals surface area contributed by atoms with Crippen molar-refractivity contribution >= 4 is 15.5 Å². The third kappa shape index (κ3) is 1.87. The highest BCUT2D eigenvalue weighted by atomic mass is 32.2. The fraction of sp³-hybridized carbons (Fsp3) is 0.333. The van der Waals surface area contributed by atoms with Gasteiger partial charge in [0, 0.05) is 0 Å². The summed E-state index contributed by atoms with van der Waals surface area (Å²) in [7, 11) is -3.36. The maximum Gasteiger partial charge on any atom is 0.180 e. The zero-order valence-corrected chi connectivity index (χ0v) is 8.81. The molecule has 0 saturated carbocycles. The van der Waals surface area contributed by atoms with Crippen LogP contribution in [-0.2, 0) is 9.84 Å². The van der Waals surface area contributed by atoms with Crippen molar-refractivity contribution in [3.63, 3.8) is 0 Å². The minimum absolute atomic E-state index is 0.0615. The lowest BCUT2D eigenvalue weighted by Crippen LogP contribution is -2.14. The number of benzene rings is 1. The van der Waals surface area contributed by atoms with E-state index in [1.165, 1.54) is 6.07 Å². The van der Waals surface area contributed by atoms with Crippen LogP contribution in [0.5, 0.6) is 0 Å². The fourth-order valence-corrected chi connectivity index (χ4v) is 2.06. The van der Waals surface area contributed by atoms with Crippen molar-refractivity contribution in [2.75, 3.05) is 5.73 Å². The van der Waals surface area contributed by atoms with E-state index in [1.54, 1.807) is 13.8 Å². The molecule has 0 atom stereocenters. The molecule has 78 valence electrons. The van der Waals surface area contributed by atoms with Crippen LogP contribution in [0, 0.1) is 5.82 Å². The first-order chi connectivity index (χ1) is 6.35. The van der Waals surface area contributed by atoms with Gasteiger partial charge >= 0.3 is 0 Å². The Labute approximate surface area is 82.7 Å². The largest absolute Gasteiger partial charge is 0.396 e. The zero-order valence-electron chi connectivity index (χ0n) is 7.99. The van der Waals surface area contributed by atoms with Gasteiger partial charge in [-0.25, -0.2) is 12.8 Å².